The number of unbranched alkanes of at least 4 members (excludes halogenated alkanes) is 1. The van der Waals surface area contributed by atoms with Crippen LogP contribution in [0.4, 0.5) is 0 Å². The van der Waals surface area contributed by atoms with E-state index in [1.165, 1.54) is 11.1 Å². The molecule has 0 spiro atoms. The molecule has 0 saturated heterocycles. The molecule has 19 heavy (non-hydrogen) atoms. The number of allylic oxidation sites excluding steroid dienone is 5. The number of rotatable bonds is 7. The average molecular weight is 262 g/mol. The lowest BCUT2D eigenvalue weighted by Crippen LogP contribution is -2.10. The molecule has 0 bridgehead atoms. The number of hydrogen-bond acceptors (Lipinski definition) is 2. The van der Waals surface area contributed by atoms with E-state index in [4.69, 9.17) is 4.74 Å². The van der Waals surface area contributed by atoms with Gasteiger partial charge in [0, 0.05) is 5.57 Å². The zero-order valence-corrected chi connectivity index (χ0v) is 12.5. The molecule has 0 atom stereocenters. The Morgan fingerprint density at radius 2 is 2.11 bits per heavy atom. The maximum Gasteiger partial charge on any atom is 0.334 e. The Hall–Kier alpha value is -1.31. The lowest BCUT2D eigenvalue weighted by molar-refractivity contribution is -0.139. The van der Waals surface area contributed by atoms with Gasteiger partial charge in [0.1, 0.15) is 0 Å². The molecule has 0 aromatic carbocycles. The fourth-order valence-electron chi connectivity index (χ4n) is 1.99. The summed E-state index contributed by atoms with van der Waals surface area (Å²) in [4.78, 5) is 11.8. The number of esters is 1. The second-order valence-corrected chi connectivity index (χ2v) is 5.31. The van der Waals surface area contributed by atoms with Crippen LogP contribution in [0.1, 0.15) is 59.3 Å². The second kappa shape index (κ2) is 8.73. The molecule has 2 heteroatoms. The first kappa shape index (κ1) is 15.7. The van der Waals surface area contributed by atoms with Crippen LogP contribution in [0.25, 0.3) is 0 Å². The fourth-order valence-corrected chi connectivity index (χ4v) is 1.99. The quantitative estimate of drug-likeness (QED) is 0.377. The Bertz CT molecular complexity index is 382. The van der Waals surface area contributed by atoms with Gasteiger partial charge in [-0.15, -0.1) is 0 Å². The highest BCUT2D eigenvalue weighted by Crippen LogP contribution is 2.22. The number of hydrogen-bond donors (Lipinski definition) is 0. The summed E-state index contributed by atoms with van der Waals surface area (Å²) in [5.74, 6) is -0.131. The Balaban J connectivity index is 2.31. The van der Waals surface area contributed by atoms with Crippen LogP contribution >= 0.6 is 0 Å². The lowest BCUT2D eigenvalue weighted by atomic mass is 9.96. The maximum absolute atomic E-state index is 11.8. The minimum atomic E-state index is -0.131. The first-order valence-corrected chi connectivity index (χ1v) is 7.31. The highest BCUT2D eigenvalue weighted by atomic mass is 16.5. The maximum atomic E-state index is 11.8. The largest absolute Gasteiger partial charge is 0.462 e. The van der Waals surface area contributed by atoms with E-state index in [2.05, 4.69) is 32.9 Å². The lowest BCUT2D eigenvalue weighted by Gasteiger charge is -2.13. The third-order valence-corrected chi connectivity index (χ3v) is 3.23. The van der Waals surface area contributed by atoms with Crippen LogP contribution in [0.3, 0.4) is 0 Å². The van der Waals surface area contributed by atoms with Crippen LogP contribution in [-0.4, -0.2) is 12.6 Å². The van der Waals surface area contributed by atoms with Gasteiger partial charge in [-0.2, -0.15) is 0 Å². The van der Waals surface area contributed by atoms with E-state index in [0.29, 0.717) is 6.61 Å². The van der Waals surface area contributed by atoms with Gasteiger partial charge in [-0.25, -0.2) is 4.79 Å². The van der Waals surface area contributed by atoms with E-state index < -0.39 is 0 Å². The van der Waals surface area contributed by atoms with Gasteiger partial charge in [-0.1, -0.05) is 42.7 Å². The molecule has 0 N–H and O–H groups in total. The molecule has 0 aromatic heterocycles. The van der Waals surface area contributed by atoms with E-state index in [0.717, 1.165) is 44.1 Å². The van der Waals surface area contributed by atoms with Gasteiger partial charge < -0.3 is 4.74 Å². The smallest absolute Gasteiger partial charge is 0.334 e. The van der Waals surface area contributed by atoms with Gasteiger partial charge in [0.25, 0.3) is 0 Å². The van der Waals surface area contributed by atoms with Crippen molar-refractivity contribution in [2.75, 3.05) is 6.61 Å². The normalized spacial score (nSPS) is 14.5. The van der Waals surface area contributed by atoms with Crippen molar-refractivity contribution in [3.8, 4) is 0 Å². The van der Waals surface area contributed by atoms with Crippen molar-refractivity contribution >= 4 is 5.97 Å². The molecule has 0 saturated carbocycles. The SMILES string of the molecule is CCCCOC(=O)C1=CCC(CCC=C(C)C)=CC1. The van der Waals surface area contributed by atoms with Gasteiger partial charge in [0.2, 0.25) is 0 Å². The number of ether oxygens (including phenoxy) is 1. The molecular formula is C17H26O2. The molecule has 0 fully saturated rings. The van der Waals surface area contributed by atoms with Crippen molar-refractivity contribution in [2.45, 2.75) is 59.3 Å². The van der Waals surface area contributed by atoms with Gasteiger partial charge in [0.15, 0.2) is 0 Å². The minimum Gasteiger partial charge on any atom is -0.462 e. The molecule has 0 heterocycles. The van der Waals surface area contributed by atoms with E-state index in [-0.39, 0.29) is 5.97 Å². The molecular weight excluding hydrogens is 236 g/mol. The highest BCUT2D eigenvalue weighted by Gasteiger charge is 2.13. The number of carbonyl (C=O) groups excluding carboxylic acids is 1. The van der Waals surface area contributed by atoms with Crippen molar-refractivity contribution in [1.29, 1.82) is 0 Å². The van der Waals surface area contributed by atoms with Crippen LogP contribution in [-0.2, 0) is 9.53 Å². The zero-order chi connectivity index (χ0) is 14.1. The highest BCUT2D eigenvalue weighted by molar-refractivity contribution is 5.89. The molecule has 106 valence electrons. The Morgan fingerprint density at radius 3 is 2.68 bits per heavy atom. The summed E-state index contributed by atoms with van der Waals surface area (Å²) in [6.07, 6.45) is 12.3. The summed E-state index contributed by atoms with van der Waals surface area (Å²) in [7, 11) is 0. The fraction of sp³-hybridized carbons (Fsp3) is 0.588. The summed E-state index contributed by atoms with van der Waals surface area (Å²) in [6, 6.07) is 0. The van der Waals surface area contributed by atoms with Crippen molar-refractivity contribution in [1.82, 2.24) is 0 Å². The third kappa shape index (κ3) is 6.42. The van der Waals surface area contributed by atoms with E-state index in [1.807, 2.05) is 6.08 Å². The van der Waals surface area contributed by atoms with Crippen LogP contribution in [0.15, 0.2) is 34.9 Å². The predicted molar refractivity (Wildman–Crippen MR) is 79.9 cm³/mol. The first-order valence-electron chi connectivity index (χ1n) is 7.31. The molecule has 1 aliphatic rings. The summed E-state index contributed by atoms with van der Waals surface area (Å²) in [5, 5.41) is 0. The molecule has 2 nitrogen and oxygen atoms in total. The summed E-state index contributed by atoms with van der Waals surface area (Å²) < 4.78 is 5.22. The molecule has 0 amide bonds. The van der Waals surface area contributed by atoms with Gasteiger partial charge in [0.05, 0.1) is 6.61 Å². The van der Waals surface area contributed by atoms with Gasteiger partial charge in [-0.05, 0) is 46.0 Å². The monoisotopic (exact) mass is 262 g/mol. The molecule has 0 unspecified atom stereocenters. The zero-order valence-electron chi connectivity index (χ0n) is 12.5. The summed E-state index contributed by atoms with van der Waals surface area (Å²) in [6.45, 7) is 6.89. The Morgan fingerprint density at radius 1 is 1.32 bits per heavy atom. The minimum absolute atomic E-state index is 0.131. The van der Waals surface area contributed by atoms with Gasteiger partial charge >= 0.3 is 5.97 Å². The van der Waals surface area contributed by atoms with Crippen LogP contribution in [0.5, 0.6) is 0 Å². The molecule has 0 aromatic rings. The van der Waals surface area contributed by atoms with E-state index in [1.54, 1.807) is 0 Å². The van der Waals surface area contributed by atoms with Crippen LogP contribution in [0, 0.1) is 0 Å². The molecule has 1 aliphatic carbocycles. The molecule has 1 rings (SSSR count). The number of carbonyl (C=O) groups is 1. The second-order valence-electron chi connectivity index (χ2n) is 5.31. The molecule has 0 radical (unpaired) electrons. The van der Waals surface area contributed by atoms with E-state index in [9.17, 15) is 4.79 Å². The third-order valence-electron chi connectivity index (χ3n) is 3.23. The predicted octanol–water partition coefficient (Wildman–Crippen LogP) is 4.72. The van der Waals surface area contributed by atoms with Crippen LogP contribution < -0.4 is 0 Å². The van der Waals surface area contributed by atoms with Crippen molar-refractivity contribution in [2.24, 2.45) is 0 Å². The standard InChI is InChI=1S/C17H26O2/c1-4-5-13-19-17(18)16-11-9-15(10-12-16)8-6-7-14(2)3/h7,9,12H,4-6,8,10-11,13H2,1-3H3. The van der Waals surface area contributed by atoms with Gasteiger partial charge in [-0.3, -0.25) is 0 Å². The first-order chi connectivity index (χ1) is 9.13. The van der Waals surface area contributed by atoms with Crippen molar-refractivity contribution < 1.29 is 9.53 Å². The van der Waals surface area contributed by atoms with Crippen molar-refractivity contribution in [3.05, 3.63) is 34.9 Å². The van der Waals surface area contributed by atoms with Crippen molar-refractivity contribution in [3.63, 3.8) is 0 Å². The summed E-state index contributed by atoms with van der Waals surface area (Å²) in [5.41, 5.74) is 3.62. The van der Waals surface area contributed by atoms with Crippen LogP contribution in [0.2, 0.25) is 0 Å². The molecule has 0 aliphatic heterocycles. The topological polar surface area (TPSA) is 26.3 Å². The Labute approximate surface area is 117 Å². The summed E-state index contributed by atoms with van der Waals surface area (Å²) >= 11 is 0. The van der Waals surface area contributed by atoms with E-state index >= 15 is 0 Å². The average Bonchev–Trinajstić information content (AvgIpc) is 2.39. The Kier molecular flexibility index (Phi) is 7.24.